The van der Waals surface area contributed by atoms with Crippen molar-refractivity contribution in [3.8, 4) is 0 Å². The van der Waals surface area contributed by atoms with E-state index in [1.54, 1.807) is 11.8 Å². The third-order valence-corrected chi connectivity index (χ3v) is 3.70. The Bertz CT molecular complexity index is 352. The van der Waals surface area contributed by atoms with E-state index >= 15 is 0 Å². The SMILES string of the molecule is C1=NC(C2=NC(C3=NCCN3)CS2)CO1. The molecule has 1 N–H and O–H groups in total. The number of hydrogen-bond acceptors (Lipinski definition) is 6. The Kier molecular flexibility index (Phi) is 2.36. The maximum absolute atomic E-state index is 5.10. The van der Waals surface area contributed by atoms with Crippen molar-refractivity contribution in [2.75, 3.05) is 25.4 Å². The second-order valence-electron chi connectivity index (χ2n) is 3.59. The Morgan fingerprint density at radius 1 is 1.47 bits per heavy atom. The topological polar surface area (TPSA) is 58.3 Å². The van der Waals surface area contributed by atoms with Crippen LogP contribution in [0, 0.1) is 0 Å². The molecule has 6 heteroatoms. The zero-order valence-electron chi connectivity index (χ0n) is 8.22. The molecule has 0 aromatic heterocycles. The van der Waals surface area contributed by atoms with Crippen LogP contribution in [0.5, 0.6) is 0 Å². The van der Waals surface area contributed by atoms with E-state index in [4.69, 9.17) is 4.74 Å². The first kappa shape index (κ1) is 9.21. The lowest BCUT2D eigenvalue weighted by Crippen LogP contribution is -2.30. The van der Waals surface area contributed by atoms with E-state index in [2.05, 4.69) is 20.3 Å². The molecule has 80 valence electrons. The second kappa shape index (κ2) is 3.84. The van der Waals surface area contributed by atoms with Gasteiger partial charge in [-0.05, 0) is 0 Å². The highest BCUT2D eigenvalue weighted by Crippen LogP contribution is 2.24. The van der Waals surface area contributed by atoms with Crippen LogP contribution in [0.3, 0.4) is 0 Å². The van der Waals surface area contributed by atoms with Crippen molar-refractivity contribution in [2.24, 2.45) is 15.0 Å². The fourth-order valence-electron chi connectivity index (χ4n) is 1.78. The van der Waals surface area contributed by atoms with Crippen LogP contribution >= 0.6 is 11.8 Å². The molecule has 0 saturated heterocycles. The Labute approximate surface area is 92.1 Å². The van der Waals surface area contributed by atoms with Gasteiger partial charge in [0.2, 0.25) is 0 Å². The number of nitrogens with zero attached hydrogens (tertiary/aromatic N) is 3. The summed E-state index contributed by atoms with van der Waals surface area (Å²) in [5, 5.41) is 4.36. The van der Waals surface area contributed by atoms with Crippen LogP contribution in [0.15, 0.2) is 15.0 Å². The number of amidine groups is 1. The highest BCUT2D eigenvalue weighted by atomic mass is 32.2. The van der Waals surface area contributed by atoms with Crippen molar-refractivity contribution >= 4 is 29.0 Å². The quantitative estimate of drug-likeness (QED) is 0.714. The molecule has 0 fully saturated rings. The molecular formula is C9H12N4OS. The highest BCUT2D eigenvalue weighted by Gasteiger charge is 2.29. The number of thioether (sulfide) groups is 1. The zero-order chi connectivity index (χ0) is 10.1. The van der Waals surface area contributed by atoms with E-state index in [0.29, 0.717) is 6.61 Å². The van der Waals surface area contributed by atoms with E-state index in [9.17, 15) is 0 Å². The van der Waals surface area contributed by atoms with E-state index in [1.807, 2.05) is 0 Å². The Morgan fingerprint density at radius 2 is 2.47 bits per heavy atom. The van der Waals surface area contributed by atoms with Crippen LogP contribution in [0.2, 0.25) is 0 Å². The average Bonchev–Trinajstić information content (AvgIpc) is 3.02. The van der Waals surface area contributed by atoms with E-state index in [-0.39, 0.29) is 12.1 Å². The molecule has 3 rings (SSSR count). The van der Waals surface area contributed by atoms with Crippen LogP contribution in [-0.4, -0.2) is 54.8 Å². The Morgan fingerprint density at radius 3 is 3.20 bits per heavy atom. The zero-order valence-corrected chi connectivity index (χ0v) is 9.04. The Hall–Kier alpha value is -1.04. The molecule has 0 amide bonds. The molecule has 3 heterocycles. The van der Waals surface area contributed by atoms with Gasteiger partial charge in [-0.15, -0.1) is 11.8 Å². The fraction of sp³-hybridized carbons (Fsp3) is 0.667. The summed E-state index contributed by atoms with van der Waals surface area (Å²) in [6.07, 6.45) is 1.52. The van der Waals surface area contributed by atoms with Gasteiger partial charge < -0.3 is 10.1 Å². The minimum absolute atomic E-state index is 0.127. The molecule has 0 aromatic carbocycles. The molecule has 0 radical (unpaired) electrons. The summed E-state index contributed by atoms with van der Waals surface area (Å²) in [4.78, 5) is 13.3. The lowest BCUT2D eigenvalue weighted by molar-refractivity contribution is 0.349. The lowest BCUT2D eigenvalue weighted by atomic mass is 10.3. The van der Waals surface area contributed by atoms with E-state index in [0.717, 1.165) is 29.7 Å². The molecule has 5 nitrogen and oxygen atoms in total. The molecule has 0 bridgehead atoms. The van der Waals surface area contributed by atoms with Crippen LogP contribution in [0.25, 0.3) is 0 Å². The predicted octanol–water partition coefficient (Wildman–Crippen LogP) is -0.0709. The summed E-state index contributed by atoms with van der Waals surface area (Å²) >= 11 is 1.77. The normalized spacial score (nSPS) is 33.6. The van der Waals surface area contributed by atoms with E-state index < -0.39 is 0 Å². The van der Waals surface area contributed by atoms with Gasteiger partial charge in [0.1, 0.15) is 24.5 Å². The summed E-state index contributed by atoms with van der Waals surface area (Å²) in [5.74, 6) is 2.02. The maximum atomic E-state index is 5.10. The molecular weight excluding hydrogens is 212 g/mol. The number of nitrogens with one attached hydrogen (secondary N) is 1. The van der Waals surface area contributed by atoms with Gasteiger partial charge in [-0.1, -0.05) is 0 Å². The van der Waals surface area contributed by atoms with Gasteiger partial charge in [0, 0.05) is 12.3 Å². The summed E-state index contributed by atoms with van der Waals surface area (Å²) in [6.45, 7) is 2.47. The molecule has 3 aliphatic rings. The van der Waals surface area contributed by atoms with Gasteiger partial charge in [-0.3, -0.25) is 9.98 Å². The lowest BCUT2D eigenvalue weighted by Gasteiger charge is -2.05. The van der Waals surface area contributed by atoms with Crippen molar-refractivity contribution in [2.45, 2.75) is 12.1 Å². The third-order valence-electron chi connectivity index (χ3n) is 2.54. The van der Waals surface area contributed by atoms with Crippen molar-refractivity contribution in [3.63, 3.8) is 0 Å². The van der Waals surface area contributed by atoms with Crippen LogP contribution in [0.1, 0.15) is 0 Å². The van der Waals surface area contributed by atoms with E-state index in [1.165, 1.54) is 6.40 Å². The first-order valence-electron chi connectivity index (χ1n) is 5.05. The van der Waals surface area contributed by atoms with Gasteiger partial charge in [-0.25, -0.2) is 4.99 Å². The number of hydrogen-bond donors (Lipinski definition) is 1. The fourth-order valence-corrected chi connectivity index (χ4v) is 2.87. The van der Waals surface area contributed by atoms with Gasteiger partial charge in [-0.2, -0.15) is 0 Å². The monoisotopic (exact) mass is 224 g/mol. The Balaban J connectivity index is 1.71. The van der Waals surface area contributed by atoms with Crippen molar-refractivity contribution in [1.82, 2.24) is 5.32 Å². The smallest absolute Gasteiger partial charge is 0.170 e. The standard InChI is InChI=1S/C9H12N4OS/c1-2-11-8(10-1)7-4-15-9(13-7)6-3-14-5-12-6/h5-7H,1-4H2,(H,10,11). The van der Waals surface area contributed by atoms with Gasteiger partial charge in [0.25, 0.3) is 0 Å². The number of aliphatic imine (C=N–C) groups is 3. The molecule has 2 unspecified atom stereocenters. The molecule has 15 heavy (non-hydrogen) atoms. The summed E-state index contributed by atoms with van der Waals surface area (Å²) < 4.78 is 5.10. The molecule has 2 atom stereocenters. The number of ether oxygens (including phenoxy) is 1. The average molecular weight is 224 g/mol. The maximum Gasteiger partial charge on any atom is 0.170 e. The third kappa shape index (κ3) is 1.73. The van der Waals surface area contributed by atoms with Crippen molar-refractivity contribution in [3.05, 3.63) is 0 Å². The van der Waals surface area contributed by atoms with Crippen molar-refractivity contribution < 1.29 is 4.74 Å². The van der Waals surface area contributed by atoms with Gasteiger partial charge >= 0.3 is 0 Å². The summed E-state index contributed by atoms with van der Waals surface area (Å²) in [5.41, 5.74) is 0. The first-order valence-corrected chi connectivity index (χ1v) is 6.04. The summed E-state index contributed by atoms with van der Waals surface area (Å²) in [6, 6.07) is 0.338. The van der Waals surface area contributed by atoms with Gasteiger partial charge in [0.15, 0.2) is 6.40 Å². The van der Waals surface area contributed by atoms with Crippen LogP contribution < -0.4 is 5.32 Å². The minimum Gasteiger partial charge on any atom is -0.481 e. The molecule has 0 aromatic rings. The number of rotatable bonds is 2. The minimum atomic E-state index is 0.127. The molecule has 0 saturated carbocycles. The summed E-state index contributed by atoms with van der Waals surface area (Å²) in [7, 11) is 0. The molecule has 0 aliphatic carbocycles. The first-order chi connectivity index (χ1) is 7.43. The van der Waals surface area contributed by atoms with Gasteiger partial charge in [0.05, 0.1) is 11.6 Å². The largest absolute Gasteiger partial charge is 0.481 e. The van der Waals surface area contributed by atoms with Crippen LogP contribution in [0.4, 0.5) is 0 Å². The highest BCUT2D eigenvalue weighted by molar-refractivity contribution is 8.14. The predicted molar refractivity (Wildman–Crippen MR) is 62.2 cm³/mol. The second-order valence-corrected chi connectivity index (χ2v) is 4.63. The van der Waals surface area contributed by atoms with Crippen LogP contribution in [-0.2, 0) is 4.74 Å². The van der Waals surface area contributed by atoms with Crippen molar-refractivity contribution in [1.29, 1.82) is 0 Å². The molecule has 3 aliphatic heterocycles. The molecule has 0 spiro atoms.